The Bertz CT molecular complexity index is 672. The van der Waals surface area contributed by atoms with Crippen molar-refractivity contribution in [1.29, 1.82) is 0 Å². The van der Waals surface area contributed by atoms with Gasteiger partial charge in [0.1, 0.15) is 0 Å². The summed E-state index contributed by atoms with van der Waals surface area (Å²) < 4.78 is 0. The summed E-state index contributed by atoms with van der Waals surface area (Å²) in [4.78, 5) is 15.1. The fourth-order valence-electron chi connectivity index (χ4n) is 2.74. The first-order valence-electron chi connectivity index (χ1n) is 7.69. The van der Waals surface area contributed by atoms with Crippen molar-refractivity contribution in [2.75, 3.05) is 25.0 Å². The summed E-state index contributed by atoms with van der Waals surface area (Å²) in [5.41, 5.74) is 3.33. The van der Waals surface area contributed by atoms with Crippen LogP contribution in [0.4, 0.5) is 10.5 Å². The minimum absolute atomic E-state index is 0.199. The van der Waals surface area contributed by atoms with Crippen molar-refractivity contribution in [3.05, 3.63) is 51.7 Å². The zero-order valence-electron chi connectivity index (χ0n) is 13.1. The number of fused-ring (bicyclic) bond motifs is 1. The fourth-order valence-corrected chi connectivity index (χ4v) is 3.39. The van der Waals surface area contributed by atoms with Gasteiger partial charge in [-0.2, -0.15) is 0 Å². The normalized spacial score (nSPS) is 14.4. The molecule has 122 valence electrons. The number of benzene rings is 1. The lowest BCUT2D eigenvalue weighted by molar-refractivity contribution is 0.173. The number of carbonyl (C=O) groups is 1. The number of carbonyl (C=O) groups excluding carboxylic acids is 1. The average Bonchev–Trinajstić information content (AvgIpc) is 3.20. The fraction of sp³-hybridized carbons (Fsp3) is 0.353. The van der Waals surface area contributed by atoms with E-state index in [4.69, 9.17) is 0 Å². The summed E-state index contributed by atoms with van der Waals surface area (Å²) in [6, 6.07) is 9.66. The van der Waals surface area contributed by atoms with Gasteiger partial charge in [0.05, 0.1) is 12.6 Å². The number of thiophene rings is 1. The molecule has 23 heavy (non-hydrogen) atoms. The number of urea groups is 1. The second-order valence-corrected chi connectivity index (χ2v) is 6.75. The number of nitrogens with zero attached hydrogens (tertiary/aromatic N) is 1. The van der Waals surface area contributed by atoms with Crippen LogP contribution in [0.1, 0.15) is 22.1 Å². The van der Waals surface area contributed by atoms with E-state index in [0.717, 1.165) is 23.4 Å². The van der Waals surface area contributed by atoms with Crippen LogP contribution in [0.3, 0.4) is 0 Å². The summed E-state index contributed by atoms with van der Waals surface area (Å²) in [6.07, 6.45) is 0.305. The van der Waals surface area contributed by atoms with E-state index in [1.807, 2.05) is 35.7 Å². The lowest BCUT2D eigenvalue weighted by Gasteiger charge is -2.15. The second kappa shape index (κ2) is 7.02. The third-order valence-corrected chi connectivity index (χ3v) is 4.95. The van der Waals surface area contributed by atoms with E-state index in [1.165, 1.54) is 11.3 Å². The zero-order chi connectivity index (χ0) is 16.2. The Balaban J connectivity index is 1.49. The van der Waals surface area contributed by atoms with E-state index in [2.05, 4.69) is 22.6 Å². The Kier molecular flexibility index (Phi) is 4.83. The van der Waals surface area contributed by atoms with Crippen molar-refractivity contribution < 1.29 is 9.90 Å². The van der Waals surface area contributed by atoms with Crippen LogP contribution < -0.4 is 15.5 Å². The summed E-state index contributed by atoms with van der Waals surface area (Å²) >= 11 is 1.60. The molecular formula is C17H21N3O2S. The smallest absolute Gasteiger partial charge is 0.315 e. The van der Waals surface area contributed by atoms with Crippen molar-refractivity contribution >= 4 is 23.1 Å². The van der Waals surface area contributed by atoms with E-state index in [-0.39, 0.29) is 12.6 Å². The molecule has 1 aliphatic heterocycles. The van der Waals surface area contributed by atoms with Gasteiger partial charge < -0.3 is 20.6 Å². The lowest BCUT2D eigenvalue weighted by atomic mass is 10.0. The van der Waals surface area contributed by atoms with Gasteiger partial charge in [-0.15, -0.1) is 11.3 Å². The van der Waals surface area contributed by atoms with Gasteiger partial charge in [-0.05, 0) is 35.1 Å². The van der Waals surface area contributed by atoms with Crippen LogP contribution in [-0.4, -0.2) is 31.3 Å². The standard InChI is InChI=1S/C17H21N3O2S/c1-20-7-6-12-9-13(4-5-15(12)20)16(21)11-19-17(22)18-10-14-3-2-8-23-14/h2-5,8-9,16,21H,6-7,10-11H2,1H3,(H2,18,19,22)/t16-/m0/s1. The van der Waals surface area contributed by atoms with Crippen molar-refractivity contribution in [1.82, 2.24) is 10.6 Å². The van der Waals surface area contributed by atoms with Crippen LogP contribution in [0.25, 0.3) is 0 Å². The monoisotopic (exact) mass is 331 g/mol. The molecule has 0 spiro atoms. The third kappa shape index (κ3) is 3.83. The number of aliphatic hydroxyl groups is 1. The van der Waals surface area contributed by atoms with Crippen LogP contribution in [0, 0.1) is 0 Å². The molecule has 1 aromatic carbocycles. The molecule has 1 aromatic heterocycles. The number of likely N-dealkylation sites (N-methyl/N-ethyl adjacent to an activating group) is 1. The number of rotatable bonds is 5. The number of hydrogen-bond acceptors (Lipinski definition) is 4. The molecule has 0 saturated carbocycles. The maximum absolute atomic E-state index is 11.8. The highest BCUT2D eigenvalue weighted by Gasteiger charge is 2.18. The van der Waals surface area contributed by atoms with Gasteiger partial charge in [0, 0.05) is 30.7 Å². The van der Waals surface area contributed by atoms with Gasteiger partial charge in [-0.3, -0.25) is 0 Å². The lowest BCUT2D eigenvalue weighted by Crippen LogP contribution is -2.37. The molecule has 5 nitrogen and oxygen atoms in total. The third-order valence-electron chi connectivity index (χ3n) is 4.08. The minimum Gasteiger partial charge on any atom is -0.387 e. The summed E-state index contributed by atoms with van der Waals surface area (Å²) in [7, 11) is 2.07. The van der Waals surface area contributed by atoms with E-state index in [1.54, 1.807) is 11.3 Å². The van der Waals surface area contributed by atoms with Crippen LogP contribution in [0.5, 0.6) is 0 Å². The first-order chi connectivity index (χ1) is 11.1. The van der Waals surface area contributed by atoms with Gasteiger partial charge in [0.25, 0.3) is 0 Å². The number of anilines is 1. The van der Waals surface area contributed by atoms with Crippen molar-refractivity contribution in [3.8, 4) is 0 Å². The molecular weight excluding hydrogens is 310 g/mol. The predicted octanol–water partition coefficient (Wildman–Crippen LogP) is 2.27. The molecule has 2 heterocycles. The molecule has 0 bridgehead atoms. The molecule has 0 unspecified atom stereocenters. The summed E-state index contributed by atoms with van der Waals surface area (Å²) in [6.45, 7) is 1.72. The molecule has 0 radical (unpaired) electrons. The van der Waals surface area contributed by atoms with E-state index < -0.39 is 6.10 Å². The molecule has 3 rings (SSSR count). The van der Waals surface area contributed by atoms with E-state index >= 15 is 0 Å². The van der Waals surface area contributed by atoms with Gasteiger partial charge in [-0.25, -0.2) is 4.79 Å². The average molecular weight is 331 g/mol. The van der Waals surface area contributed by atoms with Crippen LogP contribution >= 0.6 is 11.3 Å². The Morgan fingerprint density at radius 2 is 2.26 bits per heavy atom. The molecule has 0 saturated heterocycles. The highest BCUT2D eigenvalue weighted by atomic mass is 32.1. The largest absolute Gasteiger partial charge is 0.387 e. The Morgan fingerprint density at radius 1 is 1.39 bits per heavy atom. The van der Waals surface area contributed by atoms with Crippen LogP contribution in [0.2, 0.25) is 0 Å². The van der Waals surface area contributed by atoms with E-state index in [9.17, 15) is 9.90 Å². The highest BCUT2D eigenvalue weighted by molar-refractivity contribution is 7.09. The predicted molar refractivity (Wildman–Crippen MR) is 92.9 cm³/mol. The SMILES string of the molecule is CN1CCc2cc([C@@H](O)CNC(=O)NCc3cccs3)ccc21. The first kappa shape index (κ1) is 15.8. The van der Waals surface area contributed by atoms with Crippen LogP contribution in [0.15, 0.2) is 35.7 Å². The Morgan fingerprint density at radius 3 is 3.04 bits per heavy atom. The minimum atomic E-state index is -0.696. The molecule has 1 atom stereocenters. The quantitative estimate of drug-likeness (QED) is 0.787. The first-order valence-corrected chi connectivity index (χ1v) is 8.57. The number of aliphatic hydroxyl groups excluding tert-OH is 1. The van der Waals surface area contributed by atoms with Crippen molar-refractivity contribution in [2.24, 2.45) is 0 Å². The Hall–Kier alpha value is -2.05. The molecule has 0 aliphatic carbocycles. The molecule has 6 heteroatoms. The molecule has 0 fully saturated rings. The number of hydrogen-bond donors (Lipinski definition) is 3. The van der Waals surface area contributed by atoms with Gasteiger partial charge in [-0.1, -0.05) is 18.2 Å². The van der Waals surface area contributed by atoms with Gasteiger partial charge in [0.2, 0.25) is 0 Å². The topological polar surface area (TPSA) is 64.6 Å². The second-order valence-electron chi connectivity index (χ2n) is 5.72. The van der Waals surface area contributed by atoms with Crippen molar-refractivity contribution in [2.45, 2.75) is 19.1 Å². The summed E-state index contributed by atoms with van der Waals surface area (Å²) in [5, 5.41) is 17.7. The molecule has 1 aliphatic rings. The molecule has 3 N–H and O–H groups in total. The molecule has 2 aromatic rings. The van der Waals surface area contributed by atoms with Crippen LogP contribution in [-0.2, 0) is 13.0 Å². The van der Waals surface area contributed by atoms with E-state index in [0.29, 0.717) is 6.54 Å². The molecule has 2 amide bonds. The van der Waals surface area contributed by atoms with Crippen molar-refractivity contribution in [3.63, 3.8) is 0 Å². The zero-order valence-corrected chi connectivity index (χ0v) is 13.9. The number of amides is 2. The number of nitrogens with one attached hydrogen (secondary N) is 2. The van der Waals surface area contributed by atoms with Gasteiger partial charge >= 0.3 is 6.03 Å². The highest BCUT2D eigenvalue weighted by Crippen LogP contribution is 2.29. The maximum atomic E-state index is 11.8. The summed E-state index contributed by atoms with van der Waals surface area (Å²) in [5.74, 6) is 0. The van der Waals surface area contributed by atoms with Gasteiger partial charge in [0.15, 0.2) is 0 Å². The maximum Gasteiger partial charge on any atom is 0.315 e. The Labute approximate surface area is 139 Å².